The lowest BCUT2D eigenvalue weighted by Crippen LogP contribution is -2.12. The Morgan fingerprint density at radius 3 is 2.42 bits per heavy atom. The Kier molecular flexibility index (Phi) is 5.41. The quantitative estimate of drug-likeness (QED) is 0.829. The minimum Gasteiger partial charge on any atom is -0.492 e. The van der Waals surface area contributed by atoms with Crippen LogP contribution in [0.3, 0.4) is 0 Å². The molecular weight excluding hydrogens is 330 g/mol. The fraction of sp³-hybridized carbons (Fsp3) is 0.538. The lowest BCUT2D eigenvalue weighted by molar-refractivity contribution is 0.268. The first-order valence-corrected chi connectivity index (χ1v) is 8.39. The Hall–Kier alpha value is -0.590. The Morgan fingerprint density at radius 1 is 1.32 bits per heavy atom. The predicted molar refractivity (Wildman–Crippen MR) is 79.7 cm³/mol. The summed E-state index contributed by atoms with van der Waals surface area (Å²) in [5, 5.41) is 5.06. The van der Waals surface area contributed by atoms with E-state index in [1.807, 2.05) is 0 Å². The minimum absolute atomic E-state index is 0.0708. The third-order valence-corrected chi connectivity index (χ3v) is 4.09. The maximum absolute atomic E-state index is 11.2. The molecule has 0 saturated heterocycles. The van der Waals surface area contributed by atoms with Crippen LogP contribution in [0, 0.1) is 5.41 Å². The van der Waals surface area contributed by atoms with Crippen LogP contribution in [0.5, 0.6) is 5.75 Å². The molecule has 0 aliphatic rings. The first-order valence-electron chi connectivity index (χ1n) is 6.05. The topological polar surface area (TPSA) is 69.4 Å². The van der Waals surface area contributed by atoms with Crippen molar-refractivity contribution in [2.24, 2.45) is 10.6 Å². The summed E-state index contributed by atoms with van der Waals surface area (Å²) in [5.74, 6) is 0.626. The zero-order valence-electron chi connectivity index (χ0n) is 11.4. The van der Waals surface area contributed by atoms with Gasteiger partial charge in [-0.3, -0.25) is 0 Å². The molecule has 2 N–H and O–H groups in total. The fourth-order valence-corrected chi connectivity index (χ4v) is 2.74. The second kappa shape index (κ2) is 6.24. The average Bonchev–Trinajstić information content (AvgIpc) is 2.23. The van der Waals surface area contributed by atoms with Gasteiger partial charge in [0.05, 0.1) is 16.0 Å². The van der Waals surface area contributed by atoms with Gasteiger partial charge in [-0.05, 0) is 52.4 Å². The lowest BCUT2D eigenvalue weighted by Gasteiger charge is -2.18. The van der Waals surface area contributed by atoms with Gasteiger partial charge in [0, 0.05) is 0 Å². The van der Waals surface area contributed by atoms with Crippen molar-refractivity contribution in [2.75, 3.05) is 6.61 Å². The molecule has 0 radical (unpaired) electrons. The monoisotopic (exact) mass is 349 g/mol. The van der Waals surface area contributed by atoms with E-state index in [4.69, 9.17) is 9.88 Å². The van der Waals surface area contributed by atoms with Crippen molar-refractivity contribution in [1.29, 1.82) is 0 Å². The Bertz CT molecular complexity index is 535. The normalized spacial score (nSPS) is 12.5. The molecule has 1 aromatic rings. The van der Waals surface area contributed by atoms with E-state index < -0.39 is 10.0 Å². The highest BCUT2D eigenvalue weighted by atomic mass is 79.9. The van der Waals surface area contributed by atoms with E-state index in [-0.39, 0.29) is 10.3 Å². The number of ether oxygens (including phenoxy) is 1. The molecule has 0 atom stereocenters. The van der Waals surface area contributed by atoms with Gasteiger partial charge in [-0.25, -0.2) is 13.6 Å². The van der Waals surface area contributed by atoms with Gasteiger partial charge in [0.25, 0.3) is 0 Å². The summed E-state index contributed by atoms with van der Waals surface area (Å²) in [4.78, 5) is 0.0708. The van der Waals surface area contributed by atoms with E-state index in [1.54, 1.807) is 6.07 Å². The van der Waals surface area contributed by atoms with Crippen molar-refractivity contribution in [3.8, 4) is 5.75 Å². The standard InChI is InChI=1S/C13H20BrNO3S/c1-13(2,3)7-4-8-18-12-6-5-10(9-11(12)14)19(15,16)17/h5-6,9H,4,7-8H2,1-3H3,(H2,15,16,17). The molecule has 6 heteroatoms. The van der Waals surface area contributed by atoms with E-state index in [9.17, 15) is 8.42 Å². The third-order valence-electron chi connectivity index (χ3n) is 2.56. The van der Waals surface area contributed by atoms with Crippen LogP contribution in [0.1, 0.15) is 33.6 Å². The average molecular weight is 350 g/mol. The van der Waals surface area contributed by atoms with Crippen molar-refractivity contribution in [1.82, 2.24) is 0 Å². The number of primary sulfonamides is 1. The van der Waals surface area contributed by atoms with Crippen molar-refractivity contribution in [3.05, 3.63) is 22.7 Å². The molecule has 0 aromatic heterocycles. The van der Waals surface area contributed by atoms with Gasteiger partial charge in [0.15, 0.2) is 0 Å². The number of rotatable bonds is 5. The molecule has 0 heterocycles. The summed E-state index contributed by atoms with van der Waals surface area (Å²) in [7, 11) is -3.67. The highest BCUT2D eigenvalue weighted by Gasteiger charge is 2.12. The molecule has 19 heavy (non-hydrogen) atoms. The molecule has 4 nitrogen and oxygen atoms in total. The van der Waals surface area contributed by atoms with Crippen molar-refractivity contribution >= 4 is 26.0 Å². The molecule has 0 fully saturated rings. The van der Waals surface area contributed by atoms with Crippen molar-refractivity contribution in [2.45, 2.75) is 38.5 Å². The molecule has 0 aliphatic carbocycles. The van der Waals surface area contributed by atoms with E-state index in [2.05, 4.69) is 36.7 Å². The molecule has 0 bridgehead atoms. The number of hydrogen-bond donors (Lipinski definition) is 1. The van der Waals surface area contributed by atoms with Crippen LogP contribution in [0.25, 0.3) is 0 Å². The Labute approximate surface area is 123 Å². The molecule has 1 rings (SSSR count). The van der Waals surface area contributed by atoms with Gasteiger partial charge in [0.1, 0.15) is 5.75 Å². The molecule has 0 spiro atoms. The zero-order valence-corrected chi connectivity index (χ0v) is 13.8. The summed E-state index contributed by atoms with van der Waals surface area (Å²) in [6.07, 6.45) is 2.02. The van der Waals surface area contributed by atoms with Crippen LogP contribution in [0.15, 0.2) is 27.6 Å². The number of benzene rings is 1. The number of sulfonamides is 1. The number of halogens is 1. The Balaban J connectivity index is 2.61. The van der Waals surface area contributed by atoms with Crippen LogP contribution in [-0.2, 0) is 10.0 Å². The van der Waals surface area contributed by atoms with Gasteiger partial charge >= 0.3 is 0 Å². The highest BCUT2D eigenvalue weighted by Crippen LogP contribution is 2.28. The first-order chi connectivity index (χ1) is 8.59. The van der Waals surface area contributed by atoms with Crippen LogP contribution in [0.2, 0.25) is 0 Å². The Morgan fingerprint density at radius 2 is 1.95 bits per heavy atom. The molecule has 0 aliphatic heterocycles. The van der Waals surface area contributed by atoms with E-state index in [0.717, 1.165) is 12.8 Å². The van der Waals surface area contributed by atoms with Crippen LogP contribution < -0.4 is 9.88 Å². The molecule has 0 saturated carbocycles. The predicted octanol–water partition coefficient (Wildman–Crippen LogP) is 3.30. The molecule has 0 amide bonds. The van der Waals surface area contributed by atoms with Crippen LogP contribution >= 0.6 is 15.9 Å². The first kappa shape index (κ1) is 16.5. The van der Waals surface area contributed by atoms with Crippen LogP contribution in [-0.4, -0.2) is 15.0 Å². The second-order valence-corrected chi connectivity index (χ2v) is 8.07. The smallest absolute Gasteiger partial charge is 0.238 e. The molecule has 108 valence electrons. The summed E-state index contributed by atoms with van der Waals surface area (Å²) in [6, 6.07) is 4.51. The summed E-state index contributed by atoms with van der Waals surface area (Å²) in [6.45, 7) is 7.15. The highest BCUT2D eigenvalue weighted by molar-refractivity contribution is 9.10. The van der Waals surface area contributed by atoms with Gasteiger partial charge in [-0.2, -0.15) is 0 Å². The van der Waals surface area contributed by atoms with E-state index in [0.29, 0.717) is 16.8 Å². The largest absolute Gasteiger partial charge is 0.492 e. The third kappa shape index (κ3) is 5.93. The molecular formula is C13H20BrNO3S. The van der Waals surface area contributed by atoms with Gasteiger partial charge < -0.3 is 4.74 Å². The maximum atomic E-state index is 11.2. The van der Waals surface area contributed by atoms with Crippen molar-refractivity contribution in [3.63, 3.8) is 0 Å². The van der Waals surface area contributed by atoms with E-state index in [1.165, 1.54) is 12.1 Å². The zero-order chi connectivity index (χ0) is 14.7. The molecule has 1 aromatic carbocycles. The summed E-state index contributed by atoms with van der Waals surface area (Å²) in [5.41, 5.74) is 0.290. The fourth-order valence-electron chi connectivity index (χ4n) is 1.56. The number of hydrogen-bond acceptors (Lipinski definition) is 3. The maximum Gasteiger partial charge on any atom is 0.238 e. The molecule has 0 unspecified atom stereocenters. The van der Waals surface area contributed by atoms with Crippen molar-refractivity contribution < 1.29 is 13.2 Å². The minimum atomic E-state index is -3.67. The van der Waals surface area contributed by atoms with Crippen LogP contribution in [0.4, 0.5) is 0 Å². The van der Waals surface area contributed by atoms with Gasteiger partial charge in [0.2, 0.25) is 10.0 Å². The summed E-state index contributed by atoms with van der Waals surface area (Å²) < 4.78 is 28.6. The van der Waals surface area contributed by atoms with Gasteiger partial charge in [-0.1, -0.05) is 20.8 Å². The summed E-state index contributed by atoms with van der Waals surface area (Å²) >= 11 is 3.29. The SMILES string of the molecule is CC(C)(C)CCCOc1ccc(S(N)(=O)=O)cc1Br. The second-order valence-electron chi connectivity index (χ2n) is 5.65. The van der Waals surface area contributed by atoms with Gasteiger partial charge in [-0.15, -0.1) is 0 Å². The number of nitrogens with two attached hydrogens (primary N) is 1. The van der Waals surface area contributed by atoms with E-state index >= 15 is 0 Å². The lowest BCUT2D eigenvalue weighted by atomic mass is 9.91.